The summed E-state index contributed by atoms with van der Waals surface area (Å²) in [5.41, 5.74) is 1.01. The Morgan fingerprint density at radius 1 is 1.62 bits per heavy atom. The summed E-state index contributed by atoms with van der Waals surface area (Å²) < 4.78 is 14.7. The molecule has 0 aliphatic carbocycles. The van der Waals surface area contributed by atoms with Crippen molar-refractivity contribution in [2.75, 3.05) is 12.5 Å². The molecule has 1 rings (SSSR count). The van der Waals surface area contributed by atoms with Gasteiger partial charge in [0.2, 0.25) is 0 Å². The van der Waals surface area contributed by atoms with E-state index >= 15 is 0 Å². The number of carbonyl (C=O) groups excluding carboxylic acids is 1. The number of nitrogens with one attached hydrogen (secondary N) is 1. The zero-order chi connectivity index (χ0) is 10.1. The van der Waals surface area contributed by atoms with Crippen molar-refractivity contribution >= 4 is 15.6 Å². The van der Waals surface area contributed by atoms with E-state index in [1.807, 2.05) is 0 Å². The fourth-order valence-corrected chi connectivity index (χ4v) is 1.31. The van der Waals surface area contributed by atoms with Gasteiger partial charge in [-0.2, -0.15) is 9.46 Å². The van der Waals surface area contributed by atoms with Gasteiger partial charge in [0.05, 0.1) is 11.8 Å². The van der Waals surface area contributed by atoms with Crippen molar-refractivity contribution in [1.82, 2.24) is 10.2 Å². The summed E-state index contributed by atoms with van der Waals surface area (Å²) >= 11 is 0. The van der Waals surface area contributed by atoms with Crippen molar-refractivity contribution in [2.45, 2.75) is 6.92 Å². The number of H-pyrrole nitrogens is 1. The summed E-state index contributed by atoms with van der Waals surface area (Å²) in [6.07, 6.45) is 4.22. The Labute approximate surface area is 76.7 Å². The maximum Gasteiger partial charge on any atom is 0.288 e. The average molecular weight is 201 g/mol. The van der Waals surface area contributed by atoms with Crippen LogP contribution in [-0.4, -0.2) is 32.8 Å². The molecule has 1 N–H and O–H groups in total. The van der Waals surface area contributed by atoms with Crippen molar-refractivity contribution < 1.29 is 9.00 Å². The smallest absolute Gasteiger partial charge is 0.282 e. The molecule has 6 heteroatoms. The normalized spacial score (nSPS) is 11.3. The monoisotopic (exact) mass is 201 g/mol. The van der Waals surface area contributed by atoms with Gasteiger partial charge in [-0.05, 0) is 6.92 Å². The molecule has 0 spiro atoms. The summed E-state index contributed by atoms with van der Waals surface area (Å²) in [4.78, 5) is 11.3. The third kappa shape index (κ3) is 2.66. The van der Waals surface area contributed by atoms with E-state index in [9.17, 15) is 9.00 Å². The molecule has 0 aromatic carbocycles. The Bertz CT molecular complexity index is 432. The first-order valence-electron chi connectivity index (χ1n) is 3.61. The first kappa shape index (κ1) is 9.91. The lowest BCUT2D eigenvalue weighted by Gasteiger charge is -1.93. The van der Waals surface area contributed by atoms with Crippen LogP contribution < -0.4 is 0 Å². The second-order valence-corrected chi connectivity index (χ2v) is 5.53. The topological polar surface area (TPSA) is 75.2 Å². The van der Waals surface area contributed by atoms with Crippen LogP contribution in [0.4, 0.5) is 0 Å². The Kier molecular flexibility index (Phi) is 2.51. The third-order valence-corrected chi connectivity index (χ3v) is 1.97. The number of carbonyl (C=O) groups is 1. The van der Waals surface area contributed by atoms with Crippen LogP contribution in [0.5, 0.6) is 0 Å². The van der Waals surface area contributed by atoms with Crippen LogP contribution in [-0.2, 0) is 9.73 Å². The molecule has 72 valence electrons. The third-order valence-electron chi connectivity index (χ3n) is 1.36. The quantitative estimate of drug-likeness (QED) is 0.722. The van der Waals surface area contributed by atoms with E-state index in [1.165, 1.54) is 18.7 Å². The number of rotatable bonds is 1. The molecule has 0 saturated carbocycles. The molecule has 13 heavy (non-hydrogen) atoms. The lowest BCUT2D eigenvalue weighted by molar-refractivity contribution is 0.100. The Hall–Kier alpha value is -1.17. The Morgan fingerprint density at radius 3 is 2.62 bits per heavy atom. The number of aromatic amines is 1. The molecular weight excluding hydrogens is 190 g/mol. The highest BCUT2D eigenvalue weighted by Gasteiger charge is 2.10. The highest BCUT2D eigenvalue weighted by atomic mass is 32.2. The van der Waals surface area contributed by atoms with E-state index in [4.69, 9.17) is 0 Å². The van der Waals surface area contributed by atoms with Crippen molar-refractivity contribution in [3.8, 4) is 0 Å². The van der Waals surface area contributed by atoms with Gasteiger partial charge in [-0.25, -0.2) is 4.21 Å². The summed E-state index contributed by atoms with van der Waals surface area (Å²) in [5.74, 6) is -0.485. The van der Waals surface area contributed by atoms with E-state index in [1.54, 1.807) is 6.92 Å². The van der Waals surface area contributed by atoms with Crippen molar-refractivity contribution in [2.24, 2.45) is 4.36 Å². The molecule has 0 aliphatic rings. The fraction of sp³-hybridized carbons (Fsp3) is 0.429. The van der Waals surface area contributed by atoms with Crippen LogP contribution >= 0.6 is 0 Å². The number of amides is 1. The van der Waals surface area contributed by atoms with E-state index < -0.39 is 15.6 Å². The molecule has 1 heterocycles. The number of nitrogens with zero attached hydrogens (tertiary/aromatic N) is 2. The largest absolute Gasteiger partial charge is 0.288 e. The van der Waals surface area contributed by atoms with E-state index in [0.717, 1.165) is 0 Å². The van der Waals surface area contributed by atoms with Crippen LogP contribution in [0.2, 0.25) is 0 Å². The molecule has 0 unspecified atom stereocenters. The Balaban J connectivity index is 3.08. The first-order valence-corrected chi connectivity index (χ1v) is 5.95. The van der Waals surface area contributed by atoms with Gasteiger partial charge in [0.15, 0.2) is 0 Å². The molecule has 0 aliphatic heterocycles. The number of hydrogen-bond acceptors (Lipinski definition) is 3. The summed E-state index contributed by atoms with van der Waals surface area (Å²) in [7, 11) is -2.38. The Morgan fingerprint density at radius 2 is 2.23 bits per heavy atom. The highest BCUT2D eigenvalue weighted by molar-refractivity contribution is 7.92. The molecule has 0 bridgehead atoms. The molecule has 1 aromatic heterocycles. The van der Waals surface area contributed by atoms with Gasteiger partial charge in [0.25, 0.3) is 5.91 Å². The van der Waals surface area contributed by atoms with Gasteiger partial charge in [-0.3, -0.25) is 9.89 Å². The van der Waals surface area contributed by atoms with Gasteiger partial charge in [-0.1, -0.05) is 0 Å². The molecule has 1 aromatic rings. The minimum Gasteiger partial charge on any atom is -0.282 e. The fourth-order valence-electron chi connectivity index (χ4n) is 0.815. The van der Waals surface area contributed by atoms with Crippen LogP contribution in [0, 0.1) is 6.92 Å². The van der Waals surface area contributed by atoms with Crippen molar-refractivity contribution in [3.63, 3.8) is 0 Å². The van der Waals surface area contributed by atoms with E-state index in [-0.39, 0.29) is 0 Å². The van der Waals surface area contributed by atoms with Crippen LogP contribution in [0.1, 0.15) is 16.1 Å². The average Bonchev–Trinajstić information content (AvgIpc) is 2.30. The second-order valence-electron chi connectivity index (χ2n) is 2.99. The van der Waals surface area contributed by atoms with Gasteiger partial charge in [-0.15, -0.1) is 0 Å². The maximum atomic E-state index is 11.3. The summed E-state index contributed by atoms with van der Waals surface area (Å²) in [6, 6.07) is 0. The maximum absolute atomic E-state index is 11.3. The van der Waals surface area contributed by atoms with Gasteiger partial charge >= 0.3 is 0 Å². The number of aromatic nitrogens is 2. The lowest BCUT2D eigenvalue weighted by Crippen LogP contribution is -2.01. The standard InChI is InChI=1S/C7H11N3O2S/c1-5-6(4-8-9-5)7(11)10-13(2,3)12/h4H,1-3H3,(H,8,9). The first-order chi connectivity index (χ1) is 5.90. The minimum absolute atomic E-state index is 0.372. The van der Waals surface area contributed by atoms with Crippen LogP contribution in [0.25, 0.3) is 0 Å². The lowest BCUT2D eigenvalue weighted by atomic mass is 10.3. The van der Waals surface area contributed by atoms with Gasteiger partial charge in [0.1, 0.15) is 0 Å². The SMILES string of the molecule is Cc1[nH]ncc1C(=O)N=S(C)(C)=O. The van der Waals surface area contributed by atoms with Crippen LogP contribution in [0.3, 0.4) is 0 Å². The number of aryl methyl sites for hydroxylation is 1. The van der Waals surface area contributed by atoms with Gasteiger partial charge in [0, 0.05) is 27.9 Å². The summed E-state index contributed by atoms with van der Waals surface area (Å²) in [5, 5.41) is 6.29. The molecule has 0 radical (unpaired) electrons. The minimum atomic E-state index is -2.38. The predicted octanol–water partition coefficient (Wildman–Crippen LogP) is 0.586. The van der Waals surface area contributed by atoms with Crippen molar-refractivity contribution in [3.05, 3.63) is 17.5 Å². The molecule has 0 saturated heterocycles. The predicted molar refractivity (Wildman–Crippen MR) is 50.1 cm³/mol. The second kappa shape index (κ2) is 3.29. The zero-order valence-electron chi connectivity index (χ0n) is 7.70. The van der Waals surface area contributed by atoms with Gasteiger partial charge < -0.3 is 0 Å². The summed E-state index contributed by atoms with van der Waals surface area (Å²) in [6.45, 7) is 1.71. The van der Waals surface area contributed by atoms with Crippen LogP contribution in [0.15, 0.2) is 10.6 Å². The number of hydrogen-bond donors (Lipinski definition) is 1. The molecule has 0 fully saturated rings. The molecular formula is C7H11N3O2S. The zero-order valence-corrected chi connectivity index (χ0v) is 8.51. The highest BCUT2D eigenvalue weighted by Crippen LogP contribution is 2.05. The van der Waals surface area contributed by atoms with E-state index in [0.29, 0.717) is 11.3 Å². The molecule has 0 atom stereocenters. The molecule has 5 nitrogen and oxygen atoms in total. The van der Waals surface area contributed by atoms with E-state index in [2.05, 4.69) is 14.6 Å². The van der Waals surface area contributed by atoms with Crippen molar-refractivity contribution in [1.29, 1.82) is 0 Å². The molecule has 1 amide bonds.